The number of thiophene rings is 1. The van der Waals surface area contributed by atoms with E-state index in [4.69, 9.17) is 4.74 Å². The topological polar surface area (TPSA) is 136 Å². The van der Waals surface area contributed by atoms with Crippen LogP contribution in [0.15, 0.2) is 24.7 Å². The summed E-state index contributed by atoms with van der Waals surface area (Å²) in [5.74, 6) is 1.93. The second-order valence-electron chi connectivity index (χ2n) is 9.98. The van der Waals surface area contributed by atoms with Gasteiger partial charge in [-0.1, -0.05) is 0 Å². The van der Waals surface area contributed by atoms with Crippen molar-refractivity contribution >= 4 is 60.5 Å². The van der Waals surface area contributed by atoms with Crippen molar-refractivity contribution in [2.24, 2.45) is 5.92 Å². The number of ether oxygens (including phenoxy) is 1. The number of aromatic amines is 1. The van der Waals surface area contributed by atoms with Crippen LogP contribution in [0.3, 0.4) is 0 Å². The summed E-state index contributed by atoms with van der Waals surface area (Å²) < 4.78 is 25.5. The second-order valence-corrected chi connectivity index (χ2v) is 13.7. The summed E-state index contributed by atoms with van der Waals surface area (Å²) in [6.45, 7) is 0.957. The van der Waals surface area contributed by atoms with Gasteiger partial charge in [-0.05, 0) is 37.3 Å². The molecular formula is C24H26N6O4S2. The van der Waals surface area contributed by atoms with E-state index in [2.05, 4.69) is 25.5 Å². The molecule has 0 bridgehead atoms. The number of likely N-dealkylation sites (tertiary alicyclic amines) is 1. The predicted octanol–water partition coefficient (Wildman–Crippen LogP) is 4.16. The number of carbonyl (C=O) groups is 1. The molecule has 2 aliphatic heterocycles. The Morgan fingerprint density at radius 2 is 2.19 bits per heavy atom. The molecule has 1 aromatic carbocycles. The second kappa shape index (κ2) is 7.78. The molecule has 188 valence electrons. The van der Waals surface area contributed by atoms with Crippen molar-refractivity contribution in [2.75, 3.05) is 31.3 Å². The highest BCUT2D eigenvalue weighted by molar-refractivity contribution is 8.26. The van der Waals surface area contributed by atoms with E-state index < -0.39 is 15.3 Å². The standard InChI is InChI=1S/C24H26N6O4S2/c1-34-18-8-16-14(9-27-29-16)6-17(18)28-21-20-15-3-2-13(7-19(15)35-22(20)26-12-25-21)23(31)30-10-24(11-30)4-5-36(24,32)33/h6,8-9,12-13,32-33H,2-5,7,10-11H2,1H3,(H,27,29)(H,25,26,28). The minimum Gasteiger partial charge on any atom is -0.494 e. The normalized spacial score (nSPS) is 22.6. The lowest BCUT2D eigenvalue weighted by molar-refractivity contribution is -0.141. The number of fused-ring (bicyclic) bond motifs is 4. The first kappa shape index (κ1) is 22.3. The molecule has 2 saturated heterocycles. The third-order valence-electron chi connectivity index (χ3n) is 8.01. The van der Waals surface area contributed by atoms with Crippen molar-refractivity contribution in [1.82, 2.24) is 25.1 Å². The summed E-state index contributed by atoms with van der Waals surface area (Å²) in [6, 6.07) is 3.89. The Morgan fingerprint density at radius 3 is 2.94 bits per heavy atom. The molecule has 0 radical (unpaired) electrons. The number of hydrogen-bond acceptors (Lipinski definition) is 9. The molecule has 4 aromatic rings. The summed E-state index contributed by atoms with van der Waals surface area (Å²) in [6.07, 6.45) is 6.35. The monoisotopic (exact) mass is 526 g/mol. The molecule has 12 heteroatoms. The molecule has 1 aliphatic carbocycles. The number of nitrogens with zero attached hydrogens (tertiary/aromatic N) is 4. The first-order valence-electron chi connectivity index (χ1n) is 12.0. The molecule has 1 spiro atoms. The molecule has 5 heterocycles. The number of H-pyrrole nitrogens is 1. The molecule has 4 N–H and O–H groups in total. The Hall–Kier alpha value is -2.93. The lowest BCUT2D eigenvalue weighted by Gasteiger charge is -2.67. The lowest BCUT2D eigenvalue weighted by atomic mass is 9.85. The van der Waals surface area contributed by atoms with Crippen LogP contribution in [-0.2, 0) is 17.6 Å². The van der Waals surface area contributed by atoms with Crippen LogP contribution in [0.1, 0.15) is 23.3 Å². The molecule has 10 nitrogen and oxygen atoms in total. The lowest BCUT2D eigenvalue weighted by Crippen LogP contribution is -2.71. The van der Waals surface area contributed by atoms with Crippen molar-refractivity contribution in [2.45, 2.75) is 30.4 Å². The number of nitrogens with one attached hydrogen (secondary N) is 2. The number of benzene rings is 1. The maximum Gasteiger partial charge on any atom is 0.226 e. The number of carbonyl (C=O) groups excluding carboxylic acids is 1. The van der Waals surface area contributed by atoms with Gasteiger partial charge in [-0.25, -0.2) is 9.97 Å². The molecule has 2 fully saturated rings. The van der Waals surface area contributed by atoms with Gasteiger partial charge >= 0.3 is 0 Å². The highest BCUT2D eigenvalue weighted by Gasteiger charge is 2.60. The quantitative estimate of drug-likeness (QED) is 0.311. The SMILES string of the molecule is COc1cc2[nH]ncc2cc1Nc1ncnc2sc3c(c12)CCC(C(=O)N1CC2(CCS2(O)O)C1)C3. The van der Waals surface area contributed by atoms with Crippen LogP contribution in [0.5, 0.6) is 5.75 Å². The fourth-order valence-corrected chi connectivity index (χ4v) is 8.92. The van der Waals surface area contributed by atoms with E-state index in [9.17, 15) is 13.9 Å². The Balaban J connectivity index is 1.15. The third-order valence-corrected chi connectivity index (χ3v) is 11.8. The summed E-state index contributed by atoms with van der Waals surface area (Å²) in [7, 11) is -0.887. The number of methoxy groups -OCH3 is 1. The van der Waals surface area contributed by atoms with E-state index in [1.54, 1.807) is 31.0 Å². The van der Waals surface area contributed by atoms with E-state index >= 15 is 0 Å². The predicted molar refractivity (Wildman–Crippen MR) is 141 cm³/mol. The van der Waals surface area contributed by atoms with Crippen LogP contribution in [-0.4, -0.2) is 70.8 Å². The van der Waals surface area contributed by atoms with Gasteiger partial charge in [0.25, 0.3) is 0 Å². The molecule has 3 aliphatic rings. The fraction of sp³-hybridized carbons (Fsp3) is 0.417. The summed E-state index contributed by atoms with van der Waals surface area (Å²) in [5, 5.41) is 12.5. The van der Waals surface area contributed by atoms with Crippen molar-refractivity contribution in [1.29, 1.82) is 0 Å². The fourth-order valence-electron chi connectivity index (χ4n) is 5.78. The van der Waals surface area contributed by atoms with Crippen LogP contribution in [0, 0.1) is 5.92 Å². The van der Waals surface area contributed by atoms with Gasteiger partial charge in [-0.2, -0.15) is 15.7 Å². The Morgan fingerprint density at radius 1 is 1.33 bits per heavy atom. The maximum absolute atomic E-state index is 13.2. The Kier molecular flexibility index (Phi) is 4.82. The average molecular weight is 527 g/mol. The van der Waals surface area contributed by atoms with Gasteiger partial charge in [0.2, 0.25) is 5.91 Å². The first-order chi connectivity index (χ1) is 17.4. The third kappa shape index (κ3) is 3.17. The number of amides is 1. The summed E-state index contributed by atoms with van der Waals surface area (Å²) in [5.41, 5.74) is 2.90. The molecule has 36 heavy (non-hydrogen) atoms. The Labute approximate surface area is 212 Å². The summed E-state index contributed by atoms with van der Waals surface area (Å²) in [4.78, 5) is 26.2. The van der Waals surface area contributed by atoms with Crippen molar-refractivity contribution in [3.8, 4) is 5.75 Å². The zero-order valence-electron chi connectivity index (χ0n) is 19.7. The Bertz CT molecular complexity index is 1530. The molecule has 1 atom stereocenters. The average Bonchev–Trinajstić information content (AvgIpc) is 3.45. The number of anilines is 2. The van der Waals surface area contributed by atoms with Gasteiger partial charge in [0, 0.05) is 41.1 Å². The summed E-state index contributed by atoms with van der Waals surface area (Å²) >= 11 is 1.63. The largest absolute Gasteiger partial charge is 0.494 e. The van der Waals surface area contributed by atoms with E-state index in [1.807, 2.05) is 17.0 Å². The van der Waals surface area contributed by atoms with E-state index in [-0.39, 0.29) is 11.8 Å². The number of rotatable bonds is 4. The van der Waals surface area contributed by atoms with Crippen molar-refractivity contribution in [3.05, 3.63) is 35.1 Å². The minimum absolute atomic E-state index is 0.0854. The van der Waals surface area contributed by atoms with Crippen molar-refractivity contribution in [3.63, 3.8) is 0 Å². The molecular weight excluding hydrogens is 500 g/mol. The van der Waals surface area contributed by atoms with E-state index in [0.29, 0.717) is 31.0 Å². The smallest absolute Gasteiger partial charge is 0.226 e. The van der Waals surface area contributed by atoms with E-state index in [1.165, 1.54) is 10.4 Å². The zero-order valence-corrected chi connectivity index (χ0v) is 21.3. The van der Waals surface area contributed by atoms with Gasteiger partial charge < -0.3 is 15.0 Å². The number of hydrogen-bond donors (Lipinski definition) is 4. The van der Waals surface area contributed by atoms with Crippen LogP contribution >= 0.6 is 21.9 Å². The zero-order chi connectivity index (χ0) is 24.7. The van der Waals surface area contributed by atoms with Crippen molar-refractivity contribution < 1.29 is 18.6 Å². The van der Waals surface area contributed by atoms with Crippen LogP contribution in [0.25, 0.3) is 21.1 Å². The highest BCUT2D eigenvalue weighted by atomic mass is 32.3. The van der Waals surface area contributed by atoms with Gasteiger partial charge in [0.15, 0.2) is 0 Å². The molecule has 3 aromatic heterocycles. The molecule has 7 rings (SSSR count). The van der Waals surface area contributed by atoms with Crippen LogP contribution in [0.2, 0.25) is 0 Å². The minimum atomic E-state index is -2.52. The van der Waals surface area contributed by atoms with Gasteiger partial charge in [-0.3, -0.25) is 19.0 Å². The number of aromatic nitrogens is 4. The maximum atomic E-state index is 13.2. The van der Waals surface area contributed by atoms with Gasteiger partial charge in [-0.15, -0.1) is 11.3 Å². The number of aryl methyl sites for hydroxylation is 1. The van der Waals surface area contributed by atoms with Gasteiger partial charge in [0.05, 0.1) is 34.6 Å². The van der Waals surface area contributed by atoms with E-state index in [0.717, 1.165) is 51.9 Å². The van der Waals surface area contributed by atoms with Crippen LogP contribution < -0.4 is 10.1 Å². The molecule has 0 saturated carbocycles. The highest BCUT2D eigenvalue weighted by Crippen LogP contribution is 2.67. The first-order valence-corrected chi connectivity index (χ1v) is 14.5. The van der Waals surface area contributed by atoms with Crippen LogP contribution in [0.4, 0.5) is 11.5 Å². The van der Waals surface area contributed by atoms with Gasteiger partial charge in [0.1, 0.15) is 22.7 Å². The molecule has 1 amide bonds. The molecule has 1 unspecified atom stereocenters.